The minimum atomic E-state index is -0.433. The molecule has 7 nitrogen and oxygen atoms in total. The molecule has 4 aromatic rings. The Kier molecular flexibility index (Phi) is 7.57. The van der Waals surface area contributed by atoms with E-state index in [2.05, 4.69) is 15.4 Å². The van der Waals surface area contributed by atoms with Crippen LogP contribution in [0.4, 0.5) is 5.95 Å². The van der Waals surface area contributed by atoms with Gasteiger partial charge in [-0.1, -0.05) is 46.9 Å². The van der Waals surface area contributed by atoms with Crippen molar-refractivity contribution < 1.29 is 14.3 Å². The van der Waals surface area contributed by atoms with Gasteiger partial charge in [-0.05, 0) is 60.2 Å². The first-order chi connectivity index (χ1) is 16.4. The summed E-state index contributed by atoms with van der Waals surface area (Å²) in [6.07, 6.45) is 0. The summed E-state index contributed by atoms with van der Waals surface area (Å²) in [5.41, 5.74) is 1.69. The van der Waals surface area contributed by atoms with E-state index in [4.69, 9.17) is 44.3 Å². The molecule has 0 spiro atoms. The second-order valence-electron chi connectivity index (χ2n) is 7.14. The number of hydrogen-bond donors (Lipinski definition) is 1. The standard InChI is InChI=1S/C24H19Cl3N4O3/c1-33-19-9-4-16(5-10-19)23-29-24(28-13-15-2-6-17(25)7-3-15)31(30-23)22(32)14-34-21-11-8-18(26)12-20(21)27/h2-12H,13-14H2,1H3,(H,28,29,30). The molecule has 0 unspecified atom stereocenters. The van der Waals surface area contributed by atoms with Crippen LogP contribution >= 0.6 is 34.8 Å². The van der Waals surface area contributed by atoms with Crippen molar-refractivity contribution in [2.45, 2.75) is 6.54 Å². The van der Waals surface area contributed by atoms with Crippen LogP contribution in [0.3, 0.4) is 0 Å². The minimum Gasteiger partial charge on any atom is -0.497 e. The highest BCUT2D eigenvalue weighted by Gasteiger charge is 2.18. The van der Waals surface area contributed by atoms with Crippen LogP contribution in [-0.4, -0.2) is 34.4 Å². The van der Waals surface area contributed by atoms with E-state index in [0.717, 1.165) is 11.1 Å². The van der Waals surface area contributed by atoms with E-state index < -0.39 is 5.91 Å². The van der Waals surface area contributed by atoms with E-state index in [-0.39, 0.29) is 12.6 Å². The van der Waals surface area contributed by atoms with Gasteiger partial charge in [0.05, 0.1) is 12.1 Å². The Balaban J connectivity index is 1.57. The maximum atomic E-state index is 13.0. The maximum Gasteiger partial charge on any atom is 0.287 e. The molecular formula is C24H19Cl3N4O3. The number of halogens is 3. The Morgan fingerprint density at radius 3 is 2.35 bits per heavy atom. The number of carbonyl (C=O) groups excluding carboxylic acids is 1. The number of rotatable bonds is 8. The third kappa shape index (κ3) is 5.80. The van der Waals surface area contributed by atoms with Crippen LogP contribution in [0.25, 0.3) is 11.4 Å². The fourth-order valence-corrected chi connectivity index (χ4v) is 3.63. The highest BCUT2D eigenvalue weighted by atomic mass is 35.5. The van der Waals surface area contributed by atoms with Gasteiger partial charge in [-0.25, -0.2) is 0 Å². The summed E-state index contributed by atoms with van der Waals surface area (Å²) in [7, 11) is 1.59. The van der Waals surface area contributed by atoms with Crippen LogP contribution in [0.5, 0.6) is 11.5 Å². The predicted octanol–water partition coefficient (Wildman–Crippen LogP) is 6.25. The summed E-state index contributed by atoms with van der Waals surface area (Å²) < 4.78 is 12.0. The van der Waals surface area contributed by atoms with Crippen molar-refractivity contribution in [2.75, 3.05) is 19.0 Å². The zero-order chi connectivity index (χ0) is 24.1. The number of carbonyl (C=O) groups is 1. The highest BCUT2D eigenvalue weighted by molar-refractivity contribution is 6.35. The van der Waals surface area contributed by atoms with Crippen LogP contribution in [0, 0.1) is 0 Å². The van der Waals surface area contributed by atoms with Gasteiger partial charge in [-0.2, -0.15) is 9.67 Å². The Morgan fingerprint density at radius 2 is 1.68 bits per heavy atom. The van der Waals surface area contributed by atoms with Gasteiger partial charge in [0, 0.05) is 22.2 Å². The zero-order valence-corrected chi connectivity index (χ0v) is 20.2. The Labute approximate surface area is 211 Å². The van der Waals surface area contributed by atoms with Crippen LogP contribution in [0.2, 0.25) is 15.1 Å². The van der Waals surface area contributed by atoms with E-state index in [1.807, 2.05) is 24.3 Å². The smallest absolute Gasteiger partial charge is 0.287 e. The Hall–Kier alpha value is -3.26. The van der Waals surface area contributed by atoms with E-state index in [9.17, 15) is 4.79 Å². The summed E-state index contributed by atoms with van der Waals surface area (Å²) in [6.45, 7) is 0.109. The van der Waals surface area contributed by atoms with Crippen molar-refractivity contribution >= 4 is 46.7 Å². The molecule has 10 heteroatoms. The van der Waals surface area contributed by atoms with Gasteiger partial charge in [0.2, 0.25) is 5.95 Å². The number of anilines is 1. The molecule has 34 heavy (non-hydrogen) atoms. The average Bonchev–Trinajstić information content (AvgIpc) is 3.27. The Morgan fingerprint density at radius 1 is 0.971 bits per heavy atom. The van der Waals surface area contributed by atoms with Crippen molar-refractivity contribution in [1.29, 1.82) is 0 Å². The number of benzene rings is 3. The number of nitrogens with zero attached hydrogens (tertiary/aromatic N) is 3. The molecule has 0 saturated heterocycles. The molecule has 174 valence electrons. The fourth-order valence-electron chi connectivity index (χ4n) is 3.04. The molecule has 1 aromatic heterocycles. The molecule has 0 aliphatic rings. The van der Waals surface area contributed by atoms with Crippen molar-refractivity contribution in [2.24, 2.45) is 0 Å². The van der Waals surface area contributed by atoms with Crippen LogP contribution in [0.15, 0.2) is 66.7 Å². The normalized spacial score (nSPS) is 10.7. The number of nitrogens with one attached hydrogen (secondary N) is 1. The number of ether oxygens (including phenoxy) is 2. The summed E-state index contributed by atoms with van der Waals surface area (Å²) >= 11 is 18.0. The Bertz CT molecular complexity index is 1290. The van der Waals surface area contributed by atoms with Gasteiger partial charge >= 0.3 is 0 Å². The van der Waals surface area contributed by atoms with Crippen LogP contribution in [-0.2, 0) is 6.54 Å². The molecule has 0 saturated carbocycles. The second kappa shape index (κ2) is 10.8. The molecule has 1 heterocycles. The topological polar surface area (TPSA) is 78.3 Å². The van der Waals surface area contributed by atoms with Gasteiger partial charge in [0.15, 0.2) is 12.4 Å². The van der Waals surface area contributed by atoms with Crippen molar-refractivity contribution in [3.63, 3.8) is 0 Å². The van der Waals surface area contributed by atoms with Gasteiger partial charge in [-0.3, -0.25) is 4.79 Å². The van der Waals surface area contributed by atoms with Crippen LogP contribution in [0.1, 0.15) is 10.4 Å². The van der Waals surface area contributed by atoms with Gasteiger partial charge in [-0.15, -0.1) is 5.10 Å². The lowest BCUT2D eigenvalue weighted by atomic mass is 10.2. The average molecular weight is 518 g/mol. The van der Waals surface area contributed by atoms with Gasteiger partial charge in [0.1, 0.15) is 11.5 Å². The molecule has 0 radical (unpaired) electrons. The third-order valence-electron chi connectivity index (χ3n) is 4.80. The monoisotopic (exact) mass is 516 g/mol. The molecule has 0 atom stereocenters. The first-order valence-corrected chi connectivity index (χ1v) is 11.3. The first-order valence-electron chi connectivity index (χ1n) is 10.1. The van der Waals surface area contributed by atoms with E-state index in [1.54, 1.807) is 49.6 Å². The fraction of sp³-hybridized carbons (Fsp3) is 0.125. The van der Waals surface area contributed by atoms with Crippen molar-refractivity contribution in [3.8, 4) is 22.9 Å². The first kappa shape index (κ1) is 23.9. The van der Waals surface area contributed by atoms with Crippen molar-refractivity contribution in [1.82, 2.24) is 14.8 Å². The number of methoxy groups -OCH3 is 1. The van der Waals surface area contributed by atoms with Gasteiger partial charge in [0.25, 0.3) is 5.91 Å². The minimum absolute atomic E-state index is 0.275. The summed E-state index contributed by atoms with van der Waals surface area (Å²) in [4.78, 5) is 17.5. The summed E-state index contributed by atoms with van der Waals surface area (Å²) in [6, 6.07) is 19.3. The third-order valence-corrected chi connectivity index (χ3v) is 5.58. The largest absolute Gasteiger partial charge is 0.497 e. The molecule has 1 N–H and O–H groups in total. The van der Waals surface area contributed by atoms with Gasteiger partial charge < -0.3 is 14.8 Å². The van der Waals surface area contributed by atoms with E-state index in [1.165, 1.54) is 4.68 Å². The molecule has 0 fully saturated rings. The zero-order valence-electron chi connectivity index (χ0n) is 18.0. The molecule has 0 bridgehead atoms. The molecule has 0 amide bonds. The predicted molar refractivity (Wildman–Crippen MR) is 133 cm³/mol. The highest BCUT2D eigenvalue weighted by Crippen LogP contribution is 2.28. The second-order valence-corrected chi connectivity index (χ2v) is 8.42. The van der Waals surface area contributed by atoms with E-state index >= 15 is 0 Å². The molecule has 0 aliphatic heterocycles. The SMILES string of the molecule is COc1ccc(-c2nc(NCc3ccc(Cl)cc3)n(C(=O)COc3ccc(Cl)cc3Cl)n2)cc1. The molecular weight excluding hydrogens is 499 g/mol. The number of aromatic nitrogens is 3. The lowest BCUT2D eigenvalue weighted by Gasteiger charge is -2.10. The quantitative estimate of drug-likeness (QED) is 0.298. The van der Waals surface area contributed by atoms with E-state index in [0.29, 0.717) is 38.9 Å². The van der Waals surface area contributed by atoms with Crippen molar-refractivity contribution in [3.05, 3.63) is 87.4 Å². The molecule has 0 aliphatic carbocycles. The number of hydrogen-bond acceptors (Lipinski definition) is 6. The summed E-state index contributed by atoms with van der Waals surface area (Å²) in [5.74, 6) is 1.26. The molecule has 4 rings (SSSR count). The lowest BCUT2D eigenvalue weighted by Crippen LogP contribution is -2.22. The summed E-state index contributed by atoms with van der Waals surface area (Å²) in [5, 5.41) is 8.99. The lowest BCUT2D eigenvalue weighted by molar-refractivity contribution is 0.0824. The molecule has 3 aromatic carbocycles. The maximum absolute atomic E-state index is 13.0. The van der Waals surface area contributed by atoms with Crippen LogP contribution < -0.4 is 14.8 Å².